The van der Waals surface area contributed by atoms with Crippen molar-refractivity contribution in [3.63, 3.8) is 0 Å². The van der Waals surface area contributed by atoms with Gasteiger partial charge in [-0.3, -0.25) is 4.79 Å². The number of rotatable bonds is 1. The summed E-state index contributed by atoms with van der Waals surface area (Å²) in [5.74, 6) is -1.47. The molecular weight excluding hydrogens is 153 g/mol. The number of pyridine rings is 1. The molecule has 1 heterocycles. The molecule has 5 heteroatoms. The Hall–Kier alpha value is -1.65. The van der Waals surface area contributed by atoms with E-state index in [9.17, 15) is 14.1 Å². The average molecular weight is 157 g/mol. The molecule has 0 unspecified atom stereocenters. The van der Waals surface area contributed by atoms with Crippen LogP contribution in [-0.2, 0) is 0 Å². The Morgan fingerprint density at radius 2 is 2.18 bits per heavy atom. The van der Waals surface area contributed by atoms with Crippen LogP contribution in [-0.4, -0.2) is 15.9 Å². The van der Waals surface area contributed by atoms with Gasteiger partial charge in [-0.1, -0.05) is 10.5 Å². The minimum Gasteiger partial charge on any atom is -0.476 e. The first kappa shape index (κ1) is 7.46. The van der Waals surface area contributed by atoms with E-state index in [0.717, 1.165) is 12.1 Å². The average Bonchev–Trinajstić information content (AvgIpc) is 1.94. The SMILES string of the molecule is O=C(O)c1cccc(=O)n1F. The summed E-state index contributed by atoms with van der Waals surface area (Å²) in [4.78, 5) is 20.2. The number of carboxylic acid groups (broad SMARTS) is 1. The molecule has 11 heavy (non-hydrogen) atoms. The maximum absolute atomic E-state index is 12.5. The lowest BCUT2D eigenvalue weighted by molar-refractivity contribution is 0.0669. The van der Waals surface area contributed by atoms with Gasteiger partial charge in [0.1, 0.15) is 0 Å². The van der Waals surface area contributed by atoms with E-state index in [1.807, 2.05) is 0 Å². The molecule has 0 aliphatic rings. The second-order valence-corrected chi connectivity index (χ2v) is 1.84. The summed E-state index contributed by atoms with van der Waals surface area (Å²) in [6.07, 6.45) is 0. The third kappa shape index (κ3) is 1.26. The first-order valence-electron chi connectivity index (χ1n) is 2.74. The fraction of sp³-hybridized carbons (Fsp3) is 0. The van der Waals surface area contributed by atoms with Crippen LogP contribution in [0.5, 0.6) is 0 Å². The van der Waals surface area contributed by atoms with Gasteiger partial charge in [0.15, 0.2) is 5.69 Å². The fourth-order valence-electron chi connectivity index (χ4n) is 0.626. The van der Waals surface area contributed by atoms with E-state index in [0.29, 0.717) is 0 Å². The molecule has 0 aliphatic carbocycles. The highest BCUT2D eigenvalue weighted by Gasteiger charge is 2.08. The van der Waals surface area contributed by atoms with Crippen molar-refractivity contribution in [2.45, 2.75) is 0 Å². The summed E-state index contributed by atoms with van der Waals surface area (Å²) in [6, 6.07) is 3.12. The summed E-state index contributed by atoms with van der Waals surface area (Å²) >= 11 is 0. The Labute approximate surface area is 60.4 Å². The summed E-state index contributed by atoms with van der Waals surface area (Å²) < 4.78 is 12.5. The number of nitrogens with zero attached hydrogens (tertiary/aromatic N) is 1. The van der Waals surface area contributed by atoms with E-state index in [1.165, 1.54) is 6.07 Å². The van der Waals surface area contributed by atoms with Gasteiger partial charge >= 0.3 is 5.97 Å². The highest BCUT2D eigenvalue weighted by Crippen LogP contribution is 1.94. The van der Waals surface area contributed by atoms with Gasteiger partial charge in [-0.25, -0.2) is 4.79 Å². The maximum Gasteiger partial charge on any atom is 0.355 e. The summed E-state index contributed by atoms with van der Waals surface area (Å²) in [5.41, 5.74) is -1.65. The molecule has 0 amide bonds. The molecule has 0 fully saturated rings. The van der Waals surface area contributed by atoms with Gasteiger partial charge in [-0.05, 0) is 6.07 Å². The Morgan fingerprint density at radius 3 is 2.64 bits per heavy atom. The van der Waals surface area contributed by atoms with Gasteiger partial charge in [0.05, 0.1) is 0 Å². The van der Waals surface area contributed by atoms with Crippen LogP contribution in [0, 0.1) is 0 Å². The summed E-state index contributed by atoms with van der Waals surface area (Å²) in [5, 5.41) is 8.29. The quantitative estimate of drug-likeness (QED) is 0.636. The van der Waals surface area contributed by atoms with Gasteiger partial charge in [-0.15, -0.1) is 4.79 Å². The largest absolute Gasteiger partial charge is 0.476 e. The minimum absolute atomic E-state index is 0.414. The summed E-state index contributed by atoms with van der Waals surface area (Å²) in [7, 11) is 0. The zero-order valence-corrected chi connectivity index (χ0v) is 5.32. The predicted molar refractivity (Wildman–Crippen MR) is 34.2 cm³/mol. The number of aromatic nitrogens is 1. The van der Waals surface area contributed by atoms with Crippen LogP contribution in [0.3, 0.4) is 0 Å². The van der Waals surface area contributed by atoms with Crippen molar-refractivity contribution in [1.29, 1.82) is 0 Å². The van der Waals surface area contributed by atoms with E-state index in [1.54, 1.807) is 0 Å². The van der Waals surface area contributed by atoms with Crippen molar-refractivity contribution >= 4 is 5.97 Å². The van der Waals surface area contributed by atoms with Gasteiger partial charge in [-0.2, -0.15) is 0 Å². The molecule has 1 rings (SSSR count). The first-order valence-corrected chi connectivity index (χ1v) is 2.74. The maximum atomic E-state index is 12.5. The Kier molecular flexibility index (Phi) is 1.72. The first-order chi connectivity index (χ1) is 5.13. The van der Waals surface area contributed by atoms with Crippen molar-refractivity contribution in [3.8, 4) is 0 Å². The molecule has 1 aromatic rings. The number of halogens is 1. The molecule has 0 spiro atoms. The molecule has 0 bridgehead atoms. The molecular formula is C6H4FNO3. The zero-order chi connectivity index (χ0) is 8.43. The smallest absolute Gasteiger partial charge is 0.355 e. The number of carbonyl (C=O) groups is 1. The zero-order valence-electron chi connectivity index (χ0n) is 5.32. The molecule has 0 aromatic carbocycles. The van der Waals surface area contributed by atoms with Crippen LogP contribution in [0.15, 0.2) is 23.0 Å². The van der Waals surface area contributed by atoms with Crippen molar-refractivity contribution in [3.05, 3.63) is 34.2 Å². The molecule has 1 aromatic heterocycles. The van der Waals surface area contributed by atoms with E-state index < -0.39 is 22.0 Å². The molecule has 4 nitrogen and oxygen atoms in total. The Morgan fingerprint density at radius 1 is 1.55 bits per heavy atom. The normalized spacial score (nSPS) is 9.55. The molecule has 0 atom stereocenters. The van der Waals surface area contributed by atoms with Gasteiger partial charge in [0, 0.05) is 6.07 Å². The number of carboxylic acids is 1. The van der Waals surface area contributed by atoms with Crippen LogP contribution >= 0.6 is 0 Å². The van der Waals surface area contributed by atoms with Crippen LogP contribution in [0.4, 0.5) is 4.48 Å². The molecule has 0 radical (unpaired) electrons. The van der Waals surface area contributed by atoms with Crippen molar-refractivity contribution in [2.24, 2.45) is 0 Å². The second-order valence-electron chi connectivity index (χ2n) is 1.84. The number of hydrogen-bond acceptors (Lipinski definition) is 2. The van der Waals surface area contributed by atoms with E-state index in [2.05, 4.69) is 0 Å². The van der Waals surface area contributed by atoms with Gasteiger partial charge in [0.25, 0.3) is 5.56 Å². The minimum atomic E-state index is -1.47. The molecule has 0 saturated heterocycles. The molecule has 1 N–H and O–H groups in total. The molecule has 58 valence electrons. The third-order valence-electron chi connectivity index (χ3n) is 1.12. The standard InChI is InChI=1S/C6H4FNO3/c7-8-4(6(10)11)2-1-3-5(8)9/h1-3H,(H,10,11). The number of hydrogen-bond donors (Lipinski definition) is 1. The van der Waals surface area contributed by atoms with Crippen molar-refractivity contribution in [1.82, 2.24) is 4.79 Å². The Balaban J connectivity index is 3.39. The lowest BCUT2D eigenvalue weighted by Crippen LogP contribution is -2.18. The van der Waals surface area contributed by atoms with Crippen LogP contribution in [0.25, 0.3) is 0 Å². The van der Waals surface area contributed by atoms with E-state index in [-0.39, 0.29) is 0 Å². The highest BCUT2D eigenvalue weighted by atomic mass is 19.2. The number of aromatic carboxylic acids is 1. The lowest BCUT2D eigenvalue weighted by Gasteiger charge is -1.95. The lowest BCUT2D eigenvalue weighted by atomic mass is 10.3. The van der Waals surface area contributed by atoms with Gasteiger partial charge in [0.2, 0.25) is 0 Å². The van der Waals surface area contributed by atoms with Crippen molar-refractivity contribution < 1.29 is 14.4 Å². The van der Waals surface area contributed by atoms with Crippen LogP contribution in [0.2, 0.25) is 0 Å². The van der Waals surface area contributed by atoms with Crippen LogP contribution < -0.4 is 5.56 Å². The summed E-state index contributed by atoms with van der Waals surface area (Å²) in [6.45, 7) is 0. The van der Waals surface area contributed by atoms with Crippen molar-refractivity contribution in [2.75, 3.05) is 0 Å². The van der Waals surface area contributed by atoms with Gasteiger partial charge < -0.3 is 5.11 Å². The monoisotopic (exact) mass is 157 g/mol. The molecule has 0 aliphatic heterocycles. The molecule has 0 saturated carbocycles. The predicted octanol–water partition coefficient (Wildman–Crippen LogP) is 0.279. The fourth-order valence-corrected chi connectivity index (χ4v) is 0.626. The Bertz CT molecular complexity index is 344. The highest BCUT2D eigenvalue weighted by molar-refractivity contribution is 5.85. The third-order valence-corrected chi connectivity index (χ3v) is 1.12. The van der Waals surface area contributed by atoms with E-state index in [4.69, 9.17) is 5.11 Å². The van der Waals surface area contributed by atoms with E-state index >= 15 is 0 Å². The topological polar surface area (TPSA) is 59.3 Å². The second kappa shape index (κ2) is 2.53. The van der Waals surface area contributed by atoms with Crippen LogP contribution in [0.1, 0.15) is 10.5 Å².